The average molecular weight is 514 g/mol. The molecule has 196 valence electrons. The van der Waals surface area contributed by atoms with Crippen molar-refractivity contribution < 1.29 is 0 Å². The van der Waals surface area contributed by atoms with Gasteiger partial charge in [0.05, 0.1) is 17.1 Å². The summed E-state index contributed by atoms with van der Waals surface area (Å²) in [5.41, 5.74) is 12.7. The molecular weight excluding hydrogens is 478 g/mol. The van der Waals surface area contributed by atoms with Crippen molar-refractivity contribution in [3.63, 3.8) is 0 Å². The van der Waals surface area contributed by atoms with Crippen LogP contribution in [-0.2, 0) is 12.8 Å². The largest absolute Gasteiger partial charge is 0.346 e. The minimum atomic E-state index is 0.747. The topological polar surface area (TPSA) is 57.7 Å². The van der Waals surface area contributed by atoms with Crippen LogP contribution in [0.5, 0.6) is 0 Å². The van der Waals surface area contributed by atoms with Crippen LogP contribution in [0.2, 0.25) is 0 Å². The summed E-state index contributed by atoms with van der Waals surface area (Å²) < 4.78 is 0. The smallest absolute Gasteiger partial charge is 0.137 e. The Morgan fingerprint density at radius 2 is 1.51 bits per heavy atom. The number of pyridine rings is 1. The number of aryl methyl sites for hydroxylation is 4. The van der Waals surface area contributed by atoms with Gasteiger partial charge in [-0.05, 0) is 93.8 Å². The molecule has 5 aromatic rings. The molecule has 0 amide bonds. The van der Waals surface area contributed by atoms with E-state index in [0.29, 0.717) is 0 Å². The van der Waals surface area contributed by atoms with E-state index >= 15 is 0 Å². The lowest BCUT2D eigenvalue weighted by Gasteiger charge is -2.25. The molecule has 1 saturated heterocycles. The van der Waals surface area contributed by atoms with Gasteiger partial charge in [0.15, 0.2) is 0 Å². The van der Waals surface area contributed by atoms with E-state index < -0.39 is 0 Å². The second-order valence-electron chi connectivity index (χ2n) is 11.3. The third-order valence-corrected chi connectivity index (χ3v) is 8.76. The maximum atomic E-state index is 4.80. The summed E-state index contributed by atoms with van der Waals surface area (Å²) >= 11 is 0. The SMILES string of the molecule is Cc1cnc(-c2ccc(-c3c[nH]c4ncc(-c5ccc6c(c5)CCC(N5CCCC5)CC6)cc34)cc2)c(C)n1. The zero-order chi connectivity index (χ0) is 26.3. The highest BCUT2D eigenvalue weighted by atomic mass is 15.2. The molecule has 3 aromatic heterocycles. The zero-order valence-electron chi connectivity index (χ0n) is 22.9. The van der Waals surface area contributed by atoms with Crippen LogP contribution in [0.25, 0.3) is 44.5 Å². The number of rotatable bonds is 4. The Hall–Kier alpha value is -3.83. The number of nitrogens with one attached hydrogen (secondary N) is 1. The van der Waals surface area contributed by atoms with Gasteiger partial charge in [-0.15, -0.1) is 0 Å². The average Bonchev–Trinajstić information content (AvgIpc) is 3.59. The molecule has 7 rings (SSSR count). The summed E-state index contributed by atoms with van der Waals surface area (Å²) in [6, 6.07) is 18.8. The fourth-order valence-corrected chi connectivity index (χ4v) is 6.63. The standard InChI is InChI=1S/C34H35N5/c1-22-19-35-33(23(2)38-22)26-8-6-25(7-9-26)32-21-37-34-31(32)18-29(20-36-34)28-10-5-24-11-13-30(14-12-27(24)17-28)39-15-3-4-16-39/h5-10,17-21,30H,3-4,11-16H2,1-2H3,(H,36,37). The lowest BCUT2D eigenvalue weighted by molar-refractivity contribution is 0.222. The number of hydrogen-bond acceptors (Lipinski definition) is 4. The van der Waals surface area contributed by atoms with E-state index in [1.807, 2.05) is 26.2 Å². The second kappa shape index (κ2) is 10.0. The van der Waals surface area contributed by atoms with E-state index in [2.05, 4.69) is 74.6 Å². The number of likely N-dealkylation sites (tertiary alicyclic amines) is 1. The lowest BCUT2D eigenvalue weighted by Crippen LogP contribution is -2.32. The maximum absolute atomic E-state index is 4.80. The van der Waals surface area contributed by atoms with E-state index in [4.69, 9.17) is 4.98 Å². The Labute approximate surface area is 230 Å². The Balaban J connectivity index is 1.17. The van der Waals surface area contributed by atoms with Gasteiger partial charge < -0.3 is 9.88 Å². The number of nitrogens with zero attached hydrogens (tertiary/aromatic N) is 4. The molecule has 1 fully saturated rings. The molecule has 1 unspecified atom stereocenters. The van der Waals surface area contributed by atoms with Crippen molar-refractivity contribution in [3.8, 4) is 33.5 Å². The van der Waals surface area contributed by atoms with Crippen molar-refractivity contribution in [1.29, 1.82) is 0 Å². The number of aromatic nitrogens is 4. The monoisotopic (exact) mass is 513 g/mol. The first kappa shape index (κ1) is 24.2. The molecule has 2 aliphatic rings. The summed E-state index contributed by atoms with van der Waals surface area (Å²) in [5, 5.41) is 1.15. The predicted octanol–water partition coefficient (Wildman–Crippen LogP) is 7.31. The summed E-state index contributed by atoms with van der Waals surface area (Å²) in [6.45, 7) is 6.58. The minimum absolute atomic E-state index is 0.747. The number of aromatic amines is 1. The van der Waals surface area contributed by atoms with Crippen molar-refractivity contribution in [2.45, 2.75) is 58.4 Å². The van der Waals surface area contributed by atoms with E-state index in [0.717, 1.165) is 45.3 Å². The van der Waals surface area contributed by atoms with Gasteiger partial charge >= 0.3 is 0 Å². The summed E-state index contributed by atoms with van der Waals surface area (Å²) in [6.07, 6.45) is 13.6. The summed E-state index contributed by atoms with van der Waals surface area (Å²) in [5.74, 6) is 0. The Kier molecular flexibility index (Phi) is 6.24. The number of fused-ring (bicyclic) bond motifs is 2. The second-order valence-corrected chi connectivity index (χ2v) is 11.3. The van der Waals surface area contributed by atoms with Crippen molar-refractivity contribution >= 4 is 11.0 Å². The van der Waals surface area contributed by atoms with Crippen LogP contribution >= 0.6 is 0 Å². The fraction of sp³-hybridized carbons (Fsp3) is 0.324. The van der Waals surface area contributed by atoms with Gasteiger partial charge in [0, 0.05) is 46.7 Å². The molecule has 39 heavy (non-hydrogen) atoms. The highest BCUT2D eigenvalue weighted by Gasteiger charge is 2.24. The van der Waals surface area contributed by atoms with Crippen molar-refractivity contribution in [3.05, 3.63) is 89.6 Å². The lowest BCUT2D eigenvalue weighted by atomic mass is 9.96. The van der Waals surface area contributed by atoms with Gasteiger partial charge in [-0.3, -0.25) is 9.97 Å². The van der Waals surface area contributed by atoms with Gasteiger partial charge in [0.25, 0.3) is 0 Å². The van der Waals surface area contributed by atoms with Crippen molar-refractivity contribution in [2.75, 3.05) is 13.1 Å². The third kappa shape index (κ3) is 4.65. The minimum Gasteiger partial charge on any atom is -0.346 e. The molecule has 1 atom stereocenters. The zero-order valence-corrected chi connectivity index (χ0v) is 22.9. The van der Waals surface area contributed by atoms with Crippen LogP contribution in [0.4, 0.5) is 0 Å². The van der Waals surface area contributed by atoms with Gasteiger partial charge in [-0.2, -0.15) is 0 Å². The van der Waals surface area contributed by atoms with E-state index in [1.54, 1.807) is 0 Å². The quantitative estimate of drug-likeness (QED) is 0.256. The summed E-state index contributed by atoms with van der Waals surface area (Å²) in [7, 11) is 0. The van der Waals surface area contributed by atoms with Crippen LogP contribution in [0.3, 0.4) is 0 Å². The van der Waals surface area contributed by atoms with Crippen LogP contribution in [0.15, 0.2) is 67.1 Å². The first-order chi connectivity index (χ1) is 19.1. The van der Waals surface area contributed by atoms with Crippen molar-refractivity contribution in [2.24, 2.45) is 0 Å². The van der Waals surface area contributed by atoms with Crippen LogP contribution < -0.4 is 0 Å². The van der Waals surface area contributed by atoms with Gasteiger partial charge in [0.2, 0.25) is 0 Å². The third-order valence-electron chi connectivity index (χ3n) is 8.76. The fourth-order valence-electron chi connectivity index (χ4n) is 6.63. The molecule has 1 aliphatic carbocycles. The van der Waals surface area contributed by atoms with E-state index in [1.165, 1.54) is 79.4 Å². The van der Waals surface area contributed by atoms with Crippen LogP contribution in [0.1, 0.15) is 48.2 Å². The molecule has 0 spiro atoms. The molecule has 0 bridgehead atoms. The van der Waals surface area contributed by atoms with Crippen molar-refractivity contribution in [1.82, 2.24) is 24.8 Å². The number of hydrogen-bond donors (Lipinski definition) is 1. The van der Waals surface area contributed by atoms with Crippen LogP contribution in [0, 0.1) is 13.8 Å². The first-order valence-corrected chi connectivity index (χ1v) is 14.4. The molecule has 0 radical (unpaired) electrons. The molecule has 0 saturated carbocycles. The summed E-state index contributed by atoms with van der Waals surface area (Å²) in [4.78, 5) is 20.1. The molecule has 1 N–H and O–H groups in total. The number of benzene rings is 2. The van der Waals surface area contributed by atoms with Gasteiger partial charge in [-0.25, -0.2) is 4.98 Å². The van der Waals surface area contributed by atoms with E-state index in [9.17, 15) is 0 Å². The Morgan fingerprint density at radius 3 is 2.31 bits per heavy atom. The molecule has 5 heteroatoms. The highest BCUT2D eigenvalue weighted by molar-refractivity contribution is 5.96. The van der Waals surface area contributed by atoms with Gasteiger partial charge in [-0.1, -0.05) is 42.5 Å². The Bertz CT molecular complexity index is 1640. The predicted molar refractivity (Wildman–Crippen MR) is 159 cm³/mol. The molecular formula is C34H35N5. The maximum Gasteiger partial charge on any atom is 0.137 e. The molecule has 1 aliphatic heterocycles. The van der Waals surface area contributed by atoms with Gasteiger partial charge in [0.1, 0.15) is 5.65 Å². The van der Waals surface area contributed by atoms with Crippen LogP contribution in [-0.4, -0.2) is 44.0 Å². The molecule has 5 nitrogen and oxygen atoms in total. The molecule has 4 heterocycles. The Morgan fingerprint density at radius 1 is 0.769 bits per heavy atom. The highest BCUT2D eigenvalue weighted by Crippen LogP contribution is 2.34. The molecule has 2 aromatic carbocycles. The normalized spacial score (nSPS) is 17.8. The van der Waals surface area contributed by atoms with E-state index in [-0.39, 0.29) is 0 Å². The first-order valence-electron chi connectivity index (χ1n) is 14.4. The number of H-pyrrole nitrogens is 1.